The van der Waals surface area contributed by atoms with Gasteiger partial charge in [0.05, 0.1) is 21.0 Å². The number of fused-ring (bicyclic) bond motifs is 1. The summed E-state index contributed by atoms with van der Waals surface area (Å²) in [7, 11) is 1.82. The van der Waals surface area contributed by atoms with E-state index in [9.17, 15) is 4.79 Å². The first-order chi connectivity index (χ1) is 12.7. The van der Waals surface area contributed by atoms with Crippen molar-refractivity contribution in [2.24, 2.45) is 0 Å². The maximum Gasteiger partial charge on any atom is 0.233 e. The van der Waals surface area contributed by atoms with Crippen molar-refractivity contribution < 1.29 is 4.79 Å². The van der Waals surface area contributed by atoms with Crippen LogP contribution in [-0.2, 0) is 4.79 Å². The Morgan fingerprint density at radius 3 is 3.04 bits per heavy atom. The predicted molar refractivity (Wildman–Crippen MR) is 108 cm³/mol. The fourth-order valence-corrected chi connectivity index (χ4v) is 5.76. The molecule has 0 aliphatic carbocycles. The number of aromatic nitrogens is 3. The maximum absolute atomic E-state index is 12.6. The lowest BCUT2D eigenvalue weighted by Gasteiger charge is -2.31. The van der Waals surface area contributed by atoms with E-state index in [0.717, 1.165) is 45.9 Å². The zero-order valence-electron chi connectivity index (χ0n) is 14.3. The molecule has 1 amide bonds. The zero-order chi connectivity index (χ0) is 17.9. The minimum Gasteiger partial charge on any atom is -0.363 e. The van der Waals surface area contributed by atoms with Crippen LogP contribution >= 0.6 is 34.4 Å². The van der Waals surface area contributed by atoms with Gasteiger partial charge in [-0.05, 0) is 25.0 Å². The number of piperidine rings is 1. The van der Waals surface area contributed by atoms with Gasteiger partial charge in [0.2, 0.25) is 11.0 Å². The van der Waals surface area contributed by atoms with Crippen molar-refractivity contribution in [1.82, 2.24) is 20.1 Å². The molecule has 3 aromatic rings. The van der Waals surface area contributed by atoms with Gasteiger partial charge in [-0.1, -0.05) is 35.2 Å². The van der Waals surface area contributed by atoms with Crippen molar-refractivity contribution in [1.29, 1.82) is 0 Å². The van der Waals surface area contributed by atoms with Crippen LogP contribution in [0.1, 0.15) is 23.8 Å². The summed E-state index contributed by atoms with van der Waals surface area (Å²) in [5.74, 6) is 0.916. The fraction of sp³-hybridized carbons (Fsp3) is 0.412. The molecule has 2 aromatic heterocycles. The van der Waals surface area contributed by atoms with Crippen molar-refractivity contribution in [3.8, 4) is 0 Å². The normalized spacial score (nSPS) is 17.6. The van der Waals surface area contributed by atoms with E-state index in [0.29, 0.717) is 11.7 Å². The number of nitrogens with one attached hydrogen (secondary N) is 1. The van der Waals surface area contributed by atoms with E-state index in [1.807, 2.05) is 24.1 Å². The SMILES string of the molecule is CNc1nnc(SCC(=O)N2CCC[C@H](c3nc4ccccc4s3)C2)s1. The second-order valence-electron chi connectivity index (χ2n) is 6.11. The largest absolute Gasteiger partial charge is 0.363 e. The molecule has 1 aromatic carbocycles. The van der Waals surface area contributed by atoms with Crippen molar-refractivity contribution in [3.63, 3.8) is 0 Å². The third-order valence-electron chi connectivity index (χ3n) is 4.37. The molecule has 1 saturated heterocycles. The average molecular weight is 406 g/mol. The van der Waals surface area contributed by atoms with Gasteiger partial charge in [0, 0.05) is 26.1 Å². The number of hydrogen-bond donors (Lipinski definition) is 1. The monoisotopic (exact) mass is 405 g/mol. The van der Waals surface area contributed by atoms with Crippen molar-refractivity contribution in [2.75, 3.05) is 31.2 Å². The lowest BCUT2D eigenvalue weighted by atomic mass is 9.99. The molecule has 1 N–H and O–H groups in total. The molecule has 1 aliphatic heterocycles. The Hall–Kier alpha value is -1.71. The molecule has 26 heavy (non-hydrogen) atoms. The van der Waals surface area contributed by atoms with Gasteiger partial charge >= 0.3 is 0 Å². The van der Waals surface area contributed by atoms with Gasteiger partial charge in [-0.3, -0.25) is 4.79 Å². The second kappa shape index (κ2) is 7.89. The number of amides is 1. The Balaban J connectivity index is 1.38. The first kappa shape index (κ1) is 17.7. The highest BCUT2D eigenvalue weighted by atomic mass is 32.2. The van der Waals surface area contributed by atoms with Crippen LogP contribution in [0, 0.1) is 0 Å². The molecule has 0 bridgehead atoms. The molecule has 0 saturated carbocycles. The van der Waals surface area contributed by atoms with E-state index in [-0.39, 0.29) is 5.91 Å². The molecule has 136 valence electrons. The molecule has 0 radical (unpaired) electrons. The number of benzene rings is 1. The van der Waals surface area contributed by atoms with Crippen LogP contribution in [0.5, 0.6) is 0 Å². The Morgan fingerprint density at radius 1 is 1.35 bits per heavy atom. The number of carbonyl (C=O) groups is 1. The number of carbonyl (C=O) groups excluding carboxylic acids is 1. The van der Waals surface area contributed by atoms with Crippen molar-refractivity contribution in [3.05, 3.63) is 29.3 Å². The average Bonchev–Trinajstić information content (AvgIpc) is 3.32. The topological polar surface area (TPSA) is 71.0 Å². The van der Waals surface area contributed by atoms with Crippen LogP contribution < -0.4 is 5.32 Å². The number of anilines is 1. The summed E-state index contributed by atoms with van der Waals surface area (Å²) in [5, 5.41) is 13.0. The highest BCUT2D eigenvalue weighted by Crippen LogP contribution is 2.33. The van der Waals surface area contributed by atoms with Gasteiger partial charge in [0.25, 0.3) is 0 Å². The number of hydrogen-bond acceptors (Lipinski definition) is 8. The quantitative estimate of drug-likeness (QED) is 0.653. The smallest absolute Gasteiger partial charge is 0.233 e. The molecule has 0 unspecified atom stereocenters. The van der Waals surface area contributed by atoms with Gasteiger partial charge in [0.1, 0.15) is 0 Å². The lowest BCUT2D eigenvalue weighted by molar-refractivity contribution is -0.129. The first-order valence-corrected chi connectivity index (χ1v) is 11.1. The standard InChI is InChI=1S/C17H19N5OS3/c1-18-16-20-21-17(26-16)24-10-14(23)22-8-4-5-11(9-22)15-19-12-6-2-3-7-13(12)25-15/h2-3,6-7,11H,4-5,8-10H2,1H3,(H,18,20)/t11-/m0/s1. The molecule has 1 atom stereocenters. The number of likely N-dealkylation sites (tertiary alicyclic amines) is 1. The summed E-state index contributed by atoms with van der Waals surface area (Å²) < 4.78 is 2.04. The molecule has 6 nitrogen and oxygen atoms in total. The number of nitrogens with zero attached hydrogens (tertiary/aromatic N) is 4. The Labute approximate surface area is 164 Å². The molecule has 9 heteroatoms. The summed E-state index contributed by atoms with van der Waals surface area (Å²) in [6, 6.07) is 8.23. The number of thioether (sulfide) groups is 1. The van der Waals surface area contributed by atoms with Gasteiger partial charge in [-0.15, -0.1) is 21.5 Å². The zero-order valence-corrected chi connectivity index (χ0v) is 16.8. The highest BCUT2D eigenvalue weighted by molar-refractivity contribution is 8.01. The minimum absolute atomic E-state index is 0.169. The lowest BCUT2D eigenvalue weighted by Crippen LogP contribution is -2.40. The molecule has 1 aliphatic rings. The van der Waals surface area contributed by atoms with Crippen LogP contribution in [0.3, 0.4) is 0 Å². The summed E-state index contributed by atoms with van der Waals surface area (Å²) in [5.41, 5.74) is 1.06. The summed E-state index contributed by atoms with van der Waals surface area (Å²) in [4.78, 5) is 19.4. The van der Waals surface area contributed by atoms with Crippen molar-refractivity contribution >= 4 is 55.7 Å². The van der Waals surface area contributed by atoms with E-state index in [2.05, 4.69) is 27.6 Å². The van der Waals surface area contributed by atoms with Gasteiger partial charge in [-0.25, -0.2) is 4.98 Å². The maximum atomic E-state index is 12.6. The van der Waals surface area contributed by atoms with Crippen LogP contribution in [-0.4, -0.2) is 51.9 Å². The summed E-state index contributed by atoms with van der Waals surface area (Å²) in [6.07, 6.45) is 2.12. The van der Waals surface area contributed by atoms with Crippen LogP contribution in [0.15, 0.2) is 28.6 Å². The van der Waals surface area contributed by atoms with Crippen LogP contribution in [0.4, 0.5) is 5.13 Å². The first-order valence-electron chi connectivity index (χ1n) is 8.50. The van der Waals surface area contributed by atoms with Gasteiger partial charge < -0.3 is 10.2 Å². The summed E-state index contributed by atoms with van der Waals surface area (Å²) in [6.45, 7) is 1.59. The highest BCUT2D eigenvalue weighted by Gasteiger charge is 2.27. The third-order valence-corrected chi connectivity index (χ3v) is 7.63. The molecular formula is C17H19N5OS3. The van der Waals surface area contributed by atoms with E-state index < -0.39 is 0 Å². The third kappa shape index (κ3) is 3.84. The Morgan fingerprint density at radius 2 is 2.23 bits per heavy atom. The minimum atomic E-state index is 0.169. The predicted octanol–water partition coefficient (Wildman–Crippen LogP) is 3.69. The molecule has 4 rings (SSSR count). The van der Waals surface area contributed by atoms with Crippen LogP contribution in [0.2, 0.25) is 0 Å². The number of thiazole rings is 1. The Kier molecular flexibility index (Phi) is 5.37. The summed E-state index contributed by atoms with van der Waals surface area (Å²) >= 11 is 4.69. The van der Waals surface area contributed by atoms with E-state index in [1.165, 1.54) is 27.8 Å². The van der Waals surface area contributed by atoms with E-state index >= 15 is 0 Å². The molecule has 3 heterocycles. The van der Waals surface area contributed by atoms with Crippen LogP contribution in [0.25, 0.3) is 10.2 Å². The molecule has 1 fully saturated rings. The Bertz CT molecular complexity index is 876. The van der Waals surface area contributed by atoms with Gasteiger partial charge in [-0.2, -0.15) is 0 Å². The second-order valence-corrected chi connectivity index (χ2v) is 9.37. The number of para-hydroxylation sites is 1. The van der Waals surface area contributed by atoms with Crippen molar-refractivity contribution in [2.45, 2.75) is 23.1 Å². The van der Waals surface area contributed by atoms with E-state index in [4.69, 9.17) is 4.98 Å². The van der Waals surface area contributed by atoms with Gasteiger partial charge in [0.15, 0.2) is 4.34 Å². The molecule has 0 spiro atoms. The number of rotatable bonds is 5. The van der Waals surface area contributed by atoms with E-state index in [1.54, 1.807) is 11.3 Å². The fourth-order valence-electron chi connectivity index (χ4n) is 3.05. The molecular weight excluding hydrogens is 386 g/mol.